The molecule has 9 heteroatoms. The number of aliphatic hydroxyl groups is 1. The SMILES string of the molecule is Cc1ncsc1-c1ccc(CNC(=O)C2(C)C[C@@H](O)CN2C(=O)[C@H](C(C)C)N2Cc3ccccc3C2=O)cc1. The lowest BCUT2D eigenvalue weighted by Crippen LogP contribution is -2.60. The Kier molecular flexibility index (Phi) is 7.31. The Morgan fingerprint density at radius 3 is 2.54 bits per heavy atom. The van der Waals surface area contributed by atoms with Crippen LogP contribution < -0.4 is 5.32 Å². The number of hydrogen-bond acceptors (Lipinski definition) is 6. The van der Waals surface area contributed by atoms with E-state index in [1.165, 1.54) is 4.90 Å². The van der Waals surface area contributed by atoms with Crippen LogP contribution in [-0.4, -0.2) is 61.8 Å². The summed E-state index contributed by atoms with van der Waals surface area (Å²) in [5.41, 5.74) is 5.07. The second-order valence-corrected chi connectivity index (χ2v) is 11.9. The van der Waals surface area contributed by atoms with Crippen molar-refractivity contribution < 1.29 is 19.5 Å². The lowest BCUT2D eigenvalue weighted by Gasteiger charge is -2.39. The minimum atomic E-state index is -1.24. The minimum Gasteiger partial charge on any atom is -0.391 e. The maximum Gasteiger partial charge on any atom is 0.255 e. The van der Waals surface area contributed by atoms with E-state index in [1.807, 2.05) is 68.7 Å². The van der Waals surface area contributed by atoms with E-state index in [9.17, 15) is 19.5 Å². The van der Waals surface area contributed by atoms with Gasteiger partial charge in [0.25, 0.3) is 5.91 Å². The first-order valence-corrected chi connectivity index (χ1v) is 14.1. The van der Waals surface area contributed by atoms with Crippen molar-refractivity contribution in [3.05, 3.63) is 76.4 Å². The van der Waals surface area contributed by atoms with E-state index in [0.717, 1.165) is 27.3 Å². The number of amides is 3. The first-order chi connectivity index (χ1) is 18.6. The molecule has 3 amide bonds. The number of carbonyl (C=O) groups excluding carboxylic acids is 3. The van der Waals surface area contributed by atoms with Crippen LogP contribution in [-0.2, 0) is 22.7 Å². The third kappa shape index (κ3) is 4.96. The summed E-state index contributed by atoms with van der Waals surface area (Å²) in [6.45, 7) is 8.17. The quantitative estimate of drug-likeness (QED) is 0.470. The van der Waals surface area contributed by atoms with E-state index in [1.54, 1.807) is 29.2 Å². The third-order valence-electron chi connectivity index (χ3n) is 7.86. The molecular formula is C30H34N4O4S. The highest BCUT2D eigenvalue weighted by molar-refractivity contribution is 7.13. The number of aliphatic hydroxyl groups excluding tert-OH is 1. The van der Waals surface area contributed by atoms with Crippen LogP contribution in [0.4, 0.5) is 0 Å². The molecule has 1 saturated heterocycles. The van der Waals surface area contributed by atoms with Crippen molar-refractivity contribution in [3.63, 3.8) is 0 Å². The van der Waals surface area contributed by atoms with E-state index < -0.39 is 17.7 Å². The van der Waals surface area contributed by atoms with Gasteiger partial charge in [-0.3, -0.25) is 14.4 Å². The third-order valence-corrected chi connectivity index (χ3v) is 8.84. The van der Waals surface area contributed by atoms with Crippen molar-refractivity contribution in [2.45, 2.75) is 64.9 Å². The molecule has 2 N–H and O–H groups in total. The number of aryl methyl sites for hydroxylation is 1. The molecule has 1 aromatic heterocycles. The Labute approximate surface area is 232 Å². The molecule has 3 aromatic rings. The first kappa shape index (κ1) is 27.0. The number of carbonyl (C=O) groups is 3. The number of benzene rings is 2. The minimum absolute atomic E-state index is 0.0455. The average Bonchev–Trinajstić information content (AvgIpc) is 3.58. The zero-order valence-electron chi connectivity index (χ0n) is 22.7. The fourth-order valence-corrected chi connectivity index (χ4v) is 6.57. The maximum absolute atomic E-state index is 14.0. The number of aromatic nitrogens is 1. The highest BCUT2D eigenvalue weighted by atomic mass is 32.1. The molecule has 0 saturated carbocycles. The van der Waals surface area contributed by atoms with Crippen molar-refractivity contribution >= 4 is 29.1 Å². The molecule has 0 spiro atoms. The largest absolute Gasteiger partial charge is 0.391 e. The summed E-state index contributed by atoms with van der Waals surface area (Å²) < 4.78 is 0. The number of fused-ring (bicyclic) bond motifs is 1. The van der Waals surface area contributed by atoms with Crippen LogP contribution in [0.25, 0.3) is 10.4 Å². The standard InChI is InChI=1S/C30H34N4O4S/c1-18(2)25(33-15-22-7-5-6-8-24(22)27(33)36)28(37)34-16-23(35)13-30(34,4)29(38)31-14-20-9-11-21(12-10-20)26-19(3)32-17-39-26/h5-12,17-18,23,25,35H,13-16H2,1-4H3,(H,31,38)/t23-,25+,30?/m1/s1. The molecule has 3 heterocycles. The number of hydrogen-bond donors (Lipinski definition) is 2. The molecule has 2 aliphatic heterocycles. The summed E-state index contributed by atoms with van der Waals surface area (Å²) >= 11 is 1.59. The van der Waals surface area contributed by atoms with Gasteiger partial charge in [-0.25, -0.2) is 4.98 Å². The highest BCUT2D eigenvalue weighted by Gasteiger charge is 2.52. The molecular weight excluding hydrogens is 512 g/mol. The van der Waals surface area contributed by atoms with E-state index in [0.29, 0.717) is 18.7 Å². The Hall–Kier alpha value is -3.56. The van der Waals surface area contributed by atoms with Gasteiger partial charge in [-0.05, 0) is 42.5 Å². The highest BCUT2D eigenvalue weighted by Crippen LogP contribution is 2.34. The topological polar surface area (TPSA) is 103 Å². The molecule has 1 fully saturated rings. The second kappa shape index (κ2) is 10.5. The molecule has 2 aliphatic rings. The predicted molar refractivity (Wildman–Crippen MR) is 150 cm³/mol. The predicted octanol–water partition coefficient (Wildman–Crippen LogP) is 3.77. The van der Waals surface area contributed by atoms with E-state index in [2.05, 4.69) is 10.3 Å². The molecule has 2 aromatic carbocycles. The van der Waals surface area contributed by atoms with Crippen molar-refractivity contribution in [1.82, 2.24) is 20.1 Å². The van der Waals surface area contributed by atoms with Gasteiger partial charge in [-0.1, -0.05) is 56.3 Å². The Bertz CT molecular complexity index is 1400. The Morgan fingerprint density at radius 1 is 1.18 bits per heavy atom. The lowest BCUT2D eigenvalue weighted by atomic mass is 9.94. The average molecular weight is 547 g/mol. The monoisotopic (exact) mass is 546 g/mol. The van der Waals surface area contributed by atoms with Crippen LogP contribution in [0.1, 0.15) is 54.4 Å². The fourth-order valence-electron chi connectivity index (χ4n) is 5.76. The van der Waals surface area contributed by atoms with E-state index in [-0.39, 0.29) is 36.6 Å². The number of nitrogens with one attached hydrogen (secondary N) is 1. The number of likely N-dealkylation sites (tertiary alicyclic amines) is 1. The molecule has 3 atom stereocenters. The summed E-state index contributed by atoms with van der Waals surface area (Å²) in [6, 6.07) is 14.6. The summed E-state index contributed by atoms with van der Waals surface area (Å²) in [4.78, 5) is 49.3. The van der Waals surface area contributed by atoms with Crippen LogP contribution in [0.2, 0.25) is 0 Å². The van der Waals surface area contributed by atoms with Gasteiger partial charge in [0.2, 0.25) is 11.8 Å². The number of thiazole rings is 1. The number of nitrogens with zero attached hydrogens (tertiary/aromatic N) is 3. The second-order valence-electron chi connectivity index (χ2n) is 11.0. The Balaban J connectivity index is 1.31. The summed E-state index contributed by atoms with van der Waals surface area (Å²) in [6.07, 6.45) is -0.696. The van der Waals surface area contributed by atoms with Gasteiger partial charge in [0.1, 0.15) is 11.6 Å². The van der Waals surface area contributed by atoms with Gasteiger partial charge in [-0.15, -0.1) is 11.3 Å². The number of β-amino-alcohol motifs (C(OH)–C–C–N with tert-alkyl or cyclic N) is 1. The van der Waals surface area contributed by atoms with Gasteiger partial charge in [-0.2, -0.15) is 0 Å². The zero-order valence-corrected chi connectivity index (χ0v) is 23.5. The fraction of sp³-hybridized carbons (Fsp3) is 0.400. The van der Waals surface area contributed by atoms with Crippen molar-refractivity contribution in [3.8, 4) is 10.4 Å². The van der Waals surface area contributed by atoms with Crippen LogP contribution in [0.15, 0.2) is 54.0 Å². The van der Waals surface area contributed by atoms with Crippen molar-refractivity contribution in [2.24, 2.45) is 5.92 Å². The molecule has 0 radical (unpaired) electrons. The summed E-state index contributed by atoms with van der Waals surface area (Å²) in [7, 11) is 0. The smallest absolute Gasteiger partial charge is 0.255 e. The van der Waals surface area contributed by atoms with Crippen LogP contribution in [0.3, 0.4) is 0 Å². The van der Waals surface area contributed by atoms with Gasteiger partial charge in [0.15, 0.2) is 0 Å². The van der Waals surface area contributed by atoms with Crippen molar-refractivity contribution in [2.75, 3.05) is 6.54 Å². The molecule has 0 aliphatic carbocycles. The van der Waals surface area contributed by atoms with Gasteiger partial charge in [0, 0.05) is 31.6 Å². The van der Waals surface area contributed by atoms with Crippen LogP contribution in [0.5, 0.6) is 0 Å². The summed E-state index contributed by atoms with van der Waals surface area (Å²) in [5, 5.41) is 13.6. The van der Waals surface area contributed by atoms with Gasteiger partial charge in [0.05, 0.1) is 22.2 Å². The van der Waals surface area contributed by atoms with Crippen LogP contribution in [0, 0.1) is 12.8 Å². The maximum atomic E-state index is 14.0. The Morgan fingerprint density at radius 2 is 1.90 bits per heavy atom. The first-order valence-electron chi connectivity index (χ1n) is 13.3. The molecule has 0 bridgehead atoms. The molecule has 1 unspecified atom stereocenters. The molecule has 204 valence electrons. The van der Waals surface area contributed by atoms with Crippen molar-refractivity contribution in [1.29, 1.82) is 0 Å². The summed E-state index contributed by atoms with van der Waals surface area (Å²) in [5.74, 6) is -1.00. The molecule has 8 nitrogen and oxygen atoms in total. The molecule has 5 rings (SSSR count). The van der Waals surface area contributed by atoms with Gasteiger partial charge < -0.3 is 20.2 Å². The zero-order chi connectivity index (χ0) is 27.9. The van der Waals surface area contributed by atoms with Crippen LogP contribution >= 0.6 is 11.3 Å². The lowest BCUT2D eigenvalue weighted by molar-refractivity contribution is -0.148. The number of rotatable bonds is 7. The van der Waals surface area contributed by atoms with E-state index >= 15 is 0 Å². The van der Waals surface area contributed by atoms with Gasteiger partial charge >= 0.3 is 0 Å². The molecule has 39 heavy (non-hydrogen) atoms. The van der Waals surface area contributed by atoms with E-state index in [4.69, 9.17) is 0 Å². The normalized spacial score (nSPS) is 21.4.